The number of nitrogens with zero attached hydrogens (tertiary/aromatic N) is 3. The van der Waals surface area contributed by atoms with Crippen LogP contribution in [0.15, 0.2) is 77.2 Å². The molecular formula is C30H35N3O5S. The lowest BCUT2D eigenvalue weighted by atomic mass is 10.1. The van der Waals surface area contributed by atoms with Crippen LogP contribution in [0, 0.1) is 6.92 Å². The van der Waals surface area contributed by atoms with Gasteiger partial charge in [0.15, 0.2) is 5.76 Å². The predicted octanol–water partition coefficient (Wildman–Crippen LogP) is 4.06. The van der Waals surface area contributed by atoms with Gasteiger partial charge in [0.2, 0.25) is 16.3 Å². The molecule has 0 atom stereocenters. The van der Waals surface area contributed by atoms with Crippen LogP contribution < -0.4 is 9.80 Å². The summed E-state index contributed by atoms with van der Waals surface area (Å²) in [5, 5.41) is 20.1. The molecule has 1 fully saturated rings. The van der Waals surface area contributed by atoms with Gasteiger partial charge in [0.05, 0.1) is 6.26 Å². The summed E-state index contributed by atoms with van der Waals surface area (Å²) in [6, 6.07) is 24.9. The maximum absolute atomic E-state index is 11.9. The number of sulfonamides is 1. The second-order valence-electron chi connectivity index (χ2n) is 10.1. The minimum absolute atomic E-state index is 0.177. The van der Waals surface area contributed by atoms with Gasteiger partial charge in [-0.15, -0.1) is 0 Å². The Morgan fingerprint density at radius 2 is 1.62 bits per heavy atom. The minimum Gasteiger partial charge on any atom is -0.455 e. The number of piperazine rings is 1. The fourth-order valence-corrected chi connectivity index (χ4v) is 6.04. The maximum Gasteiger partial charge on any atom is 0.212 e. The average molecular weight is 550 g/mol. The van der Waals surface area contributed by atoms with Gasteiger partial charge in [-0.2, -0.15) is 4.31 Å². The van der Waals surface area contributed by atoms with Gasteiger partial charge in [0.1, 0.15) is 5.58 Å². The van der Waals surface area contributed by atoms with E-state index >= 15 is 0 Å². The topological polar surface area (TPSA) is 97.5 Å². The van der Waals surface area contributed by atoms with Crippen molar-refractivity contribution in [3.63, 3.8) is 0 Å². The van der Waals surface area contributed by atoms with E-state index in [0.717, 1.165) is 40.9 Å². The van der Waals surface area contributed by atoms with E-state index < -0.39 is 16.3 Å². The molecule has 9 heteroatoms. The molecule has 2 N–H and O–H groups in total. The summed E-state index contributed by atoms with van der Waals surface area (Å²) in [6.45, 7) is 5.66. The first-order chi connectivity index (χ1) is 18.7. The third-order valence-corrected chi connectivity index (χ3v) is 8.75. The molecule has 0 unspecified atom stereocenters. The fraction of sp³-hybridized carbons (Fsp3) is 0.333. The van der Waals surface area contributed by atoms with E-state index in [1.165, 1.54) is 16.1 Å². The van der Waals surface area contributed by atoms with E-state index in [-0.39, 0.29) is 5.76 Å². The summed E-state index contributed by atoms with van der Waals surface area (Å²) in [4.78, 5) is 4.57. The second kappa shape index (κ2) is 11.4. The number of rotatable bonds is 9. The van der Waals surface area contributed by atoms with E-state index in [0.29, 0.717) is 38.3 Å². The second-order valence-corrected chi connectivity index (χ2v) is 12.1. The van der Waals surface area contributed by atoms with Gasteiger partial charge in [0, 0.05) is 61.6 Å². The van der Waals surface area contributed by atoms with Gasteiger partial charge in [-0.3, -0.25) is 0 Å². The molecule has 206 valence electrons. The smallest absolute Gasteiger partial charge is 0.212 e. The standard InChI is InChI=1S/C30H35N3O5S/c1-22-27-20-24(8-13-28(27)38-29(22)30(34)35)21-32(15-14-23-6-4-3-5-7-23)26-11-9-25(10-12-26)31-16-18-33(19-17-31)39(2,36)37/h3-13,20,30,34-35H,14-19,21H2,1-2H3. The summed E-state index contributed by atoms with van der Waals surface area (Å²) in [7, 11) is -3.16. The summed E-state index contributed by atoms with van der Waals surface area (Å²) in [5.74, 6) is 0.177. The molecule has 3 aromatic carbocycles. The predicted molar refractivity (Wildman–Crippen MR) is 154 cm³/mol. The first-order valence-corrected chi connectivity index (χ1v) is 15.0. The summed E-state index contributed by atoms with van der Waals surface area (Å²) < 4.78 is 30.9. The van der Waals surface area contributed by atoms with E-state index in [4.69, 9.17) is 4.42 Å². The molecule has 2 heterocycles. The van der Waals surface area contributed by atoms with Crippen LogP contribution in [0.1, 0.15) is 28.7 Å². The Hall–Kier alpha value is -3.37. The number of fused-ring (bicyclic) bond motifs is 1. The molecule has 0 aliphatic carbocycles. The van der Waals surface area contributed by atoms with Crippen LogP contribution in [0.4, 0.5) is 11.4 Å². The Morgan fingerprint density at radius 3 is 2.26 bits per heavy atom. The number of furan rings is 1. The minimum atomic E-state index is -3.16. The van der Waals surface area contributed by atoms with Gasteiger partial charge in [-0.1, -0.05) is 36.4 Å². The van der Waals surface area contributed by atoms with Crippen molar-refractivity contribution in [3.8, 4) is 0 Å². The molecule has 0 amide bonds. The highest BCUT2D eigenvalue weighted by Crippen LogP contribution is 2.30. The molecule has 1 saturated heterocycles. The van der Waals surface area contributed by atoms with Crippen molar-refractivity contribution in [3.05, 3.63) is 95.2 Å². The van der Waals surface area contributed by atoms with Crippen LogP contribution in [0.3, 0.4) is 0 Å². The Bertz CT molecular complexity index is 1510. The molecule has 8 nitrogen and oxygen atoms in total. The molecule has 0 saturated carbocycles. The zero-order chi connectivity index (χ0) is 27.6. The molecule has 1 aliphatic rings. The Kier molecular flexibility index (Phi) is 7.95. The number of aliphatic hydroxyl groups excluding tert-OH is 1. The molecule has 0 radical (unpaired) electrons. The number of aryl methyl sites for hydroxylation is 1. The number of hydrogen-bond donors (Lipinski definition) is 2. The van der Waals surface area contributed by atoms with Crippen molar-refractivity contribution in [1.82, 2.24) is 4.31 Å². The van der Waals surface area contributed by atoms with Gasteiger partial charge in [0.25, 0.3) is 0 Å². The third-order valence-electron chi connectivity index (χ3n) is 7.45. The zero-order valence-electron chi connectivity index (χ0n) is 22.3. The molecule has 0 bridgehead atoms. The molecule has 5 rings (SSSR count). The number of hydrogen-bond acceptors (Lipinski definition) is 7. The quantitative estimate of drug-likeness (QED) is 0.304. The lowest BCUT2D eigenvalue weighted by molar-refractivity contribution is -0.0576. The van der Waals surface area contributed by atoms with Gasteiger partial charge in [-0.05, 0) is 60.9 Å². The monoisotopic (exact) mass is 549 g/mol. The fourth-order valence-electron chi connectivity index (χ4n) is 5.21. The van der Waals surface area contributed by atoms with Crippen LogP contribution in [0.5, 0.6) is 0 Å². The highest BCUT2D eigenvalue weighted by atomic mass is 32.2. The van der Waals surface area contributed by atoms with Crippen LogP contribution in [0.2, 0.25) is 0 Å². The Labute approximate surface area is 229 Å². The highest BCUT2D eigenvalue weighted by molar-refractivity contribution is 7.88. The first-order valence-electron chi connectivity index (χ1n) is 13.2. The van der Waals surface area contributed by atoms with Crippen molar-refractivity contribution in [1.29, 1.82) is 0 Å². The molecule has 0 spiro atoms. The Morgan fingerprint density at radius 1 is 0.923 bits per heavy atom. The van der Waals surface area contributed by atoms with Crippen LogP contribution in [-0.4, -0.2) is 61.9 Å². The molecular weight excluding hydrogens is 514 g/mol. The van der Waals surface area contributed by atoms with Crippen LogP contribution >= 0.6 is 0 Å². The van der Waals surface area contributed by atoms with Gasteiger partial charge >= 0.3 is 0 Å². The largest absolute Gasteiger partial charge is 0.455 e. The lowest BCUT2D eigenvalue weighted by Gasteiger charge is -2.35. The van der Waals surface area contributed by atoms with Crippen LogP contribution in [-0.2, 0) is 23.0 Å². The van der Waals surface area contributed by atoms with E-state index in [9.17, 15) is 18.6 Å². The van der Waals surface area contributed by atoms with Crippen molar-refractivity contribution >= 4 is 32.4 Å². The number of anilines is 2. The zero-order valence-corrected chi connectivity index (χ0v) is 23.1. The van der Waals surface area contributed by atoms with Crippen molar-refractivity contribution in [2.45, 2.75) is 26.2 Å². The summed E-state index contributed by atoms with van der Waals surface area (Å²) in [6.07, 6.45) is 0.516. The normalized spacial score (nSPS) is 14.8. The average Bonchev–Trinajstić information content (AvgIpc) is 3.27. The summed E-state index contributed by atoms with van der Waals surface area (Å²) >= 11 is 0. The first kappa shape index (κ1) is 27.2. The lowest BCUT2D eigenvalue weighted by Crippen LogP contribution is -2.48. The maximum atomic E-state index is 11.9. The van der Waals surface area contributed by atoms with Gasteiger partial charge in [-0.25, -0.2) is 8.42 Å². The molecule has 1 aromatic heterocycles. The number of aliphatic hydroxyl groups is 2. The van der Waals surface area contributed by atoms with Gasteiger partial charge < -0.3 is 24.4 Å². The van der Waals surface area contributed by atoms with E-state index in [1.54, 1.807) is 0 Å². The molecule has 39 heavy (non-hydrogen) atoms. The third kappa shape index (κ3) is 6.28. The van der Waals surface area contributed by atoms with E-state index in [2.05, 4.69) is 64.4 Å². The van der Waals surface area contributed by atoms with Crippen molar-refractivity contribution in [2.75, 3.05) is 48.8 Å². The molecule has 1 aliphatic heterocycles. The number of benzene rings is 3. The van der Waals surface area contributed by atoms with Crippen LogP contribution in [0.25, 0.3) is 11.0 Å². The SMILES string of the molecule is Cc1c(C(O)O)oc2ccc(CN(CCc3ccccc3)c3ccc(N4CCN(S(C)(=O)=O)CC4)cc3)cc12. The van der Waals surface area contributed by atoms with Crippen molar-refractivity contribution in [2.24, 2.45) is 0 Å². The molecule has 4 aromatic rings. The highest BCUT2D eigenvalue weighted by Gasteiger charge is 2.23. The van der Waals surface area contributed by atoms with E-state index in [1.807, 2.05) is 25.1 Å². The van der Waals surface area contributed by atoms with Crippen molar-refractivity contribution < 1.29 is 23.0 Å². The Balaban J connectivity index is 1.36. The summed E-state index contributed by atoms with van der Waals surface area (Å²) in [5.41, 5.74) is 5.92.